The number of hydrogen-bond donors (Lipinski definition) is 1. The average molecular weight is 357 g/mol. The number of fused-ring (bicyclic) bond motifs is 2. The highest BCUT2D eigenvalue weighted by molar-refractivity contribution is 7.98. The van der Waals surface area contributed by atoms with Crippen molar-refractivity contribution < 1.29 is 8.78 Å². The lowest BCUT2D eigenvalue weighted by molar-refractivity contribution is 0.515. The third-order valence-electron chi connectivity index (χ3n) is 4.12. The van der Waals surface area contributed by atoms with Gasteiger partial charge in [-0.15, -0.1) is 0 Å². The zero-order valence-corrected chi connectivity index (χ0v) is 14.0. The van der Waals surface area contributed by atoms with E-state index in [1.54, 1.807) is 0 Å². The predicted octanol–water partition coefficient (Wildman–Crippen LogP) is 3.93. The lowest BCUT2D eigenvalue weighted by Gasteiger charge is -2.11. The summed E-state index contributed by atoms with van der Waals surface area (Å²) in [5.74, 6) is -2.03. The van der Waals surface area contributed by atoms with E-state index in [0.717, 1.165) is 22.3 Å². The van der Waals surface area contributed by atoms with Crippen LogP contribution in [0.2, 0.25) is 0 Å². The molecule has 2 aromatic carbocycles. The number of halogens is 2. The Kier molecular flexibility index (Phi) is 3.80. The number of rotatable bonds is 3. The van der Waals surface area contributed by atoms with Gasteiger partial charge in [0.05, 0.1) is 23.1 Å². The molecule has 0 spiro atoms. The molecule has 0 bridgehead atoms. The Morgan fingerprint density at radius 3 is 2.80 bits per heavy atom. The lowest BCUT2D eigenvalue weighted by Crippen LogP contribution is -2.11. The van der Waals surface area contributed by atoms with Crippen molar-refractivity contribution in [3.05, 3.63) is 70.0 Å². The normalized spacial score (nSPS) is 11.5. The first kappa shape index (κ1) is 15.8. The third kappa shape index (κ3) is 2.60. The molecule has 0 aliphatic rings. The number of hydrogen-bond acceptors (Lipinski definition) is 3. The van der Waals surface area contributed by atoms with Crippen molar-refractivity contribution in [1.82, 2.24) is 14.5 Å². The Morgan fingerprint density at radius 1 is 1.20 bits per heavy atom. The van der Waals surface area contributed by atoms with Gasteiger partial charge in [-0.2, -0.15) is 0 Å². The number of imidazole rings is 1. The number of pyridine rings is 1. The standard InChI is InChI=1S/C18H13F2N3OS/c1-25-18-21-13-4-2-3-5-14(13)23(18)9-10-8-15(24)22-17-11(10)6-7-12(19)16(17)20/h2-8H,9H2,1H3,(H,22,24). The van der Waals surface area contributed by atoms with Gasteiger partial charge in [0, 0.05) is 11.5 Å². The Hall–Kier alpha value is -2.67. The van der Waals surface area contributed by atoms with Crippen molar-refractivity contribution in [1.29, 1.82) is 0 Å². The van der Waals surface area contributed by atoms with Crippen LogP contribution >= 0.6 is 11.8 Å². The minimum Gasteiger partial charge on any atom is -0.319 e. The minimum absolute atomic E-state index is 0.113. The molecule has 0 amide bonds. The molecule has 0 aliphatic heterocycles. The molecule has 0 saturated heterocycles. The molecule has 0 saturated carbocycles. The van der Waals surface area contributed by atoms with E-state index >= 15 is 0 Å². The molecule has 0 unspecified atom stereocenters. The third-order valence-corrected chi connectivity index (χ3v) is 4.80. The van der Waals surface area contributed by atoms with Crippen LogP contribution in [-0.2, 0) is 6.54 Å². The van der Waals surface area contributed by atoms with Crippen LogP contribution in [0.25, 0.3) is 21.9 Å². The summed E-state index contributed by atoms with van der Waals surface area (Å²) in [7, 11) is 0. The second-order valence-corrected chi connectivity index (χ2v) is 6.39. The fraction of sp³-hybridized carbons (Fsp3) is 0.111. The second kappa shape index (κ2) is 6.00. The van der Waals surface area contributed by atoms with E-state index in [4.69, 9.17) is 0 Å². The number of para-hydroxylation sites is 2. The molecular weight excluding hydrogens is 344 g/mol. The first-order valence-electron chi connectivity index (χ1n) is 7.57. The molecule has 0 radical (unpaired) electrons. The van der Waals surface area contributed by atoms with Gasteiger partial charge < -0.3 is 9.55 Å². The Labute approximate surface area is 145 Å². The SMILES string of the molecule is CSc1nc2ccccc2n1Cc1cc(=O)[nH]c2c(F)c(F)ccc12. The molecule has 4 nitrogen and oxygen atoms in total. The molecule has 1 N–H and O–H groups in total. The number of benzene rings is 2. The largest absolute Gasteiger partial charge is 0.319 e. The van der Waals surface area contributed by atoms with E-state index in [2.05, 4.69) is 9.97 Å². The highest BCUT2D eigenvalue weighted by Crippen LogP contribution is 2.26. The monoisotopic (exact) mass is 357 g/mol. The maximum atomic E-state index is 14.1. The van der Waals surface area contributed by atoms with Gasteiger partial charge in [0.25, 0.3) is 0 Å². The summed E-state index contributed by atoms with van der Waals surface area (Å²) in [5.41, 5.74) is 1.79. The first-order chi connectivity index (χ1) is 12.1. The molecule has 2 aromatic heterocycles. The molecule has 25 heavy (non-hydrogen) atoms. The number of aromatic amines is 1. The van der Waals surface area contributed by atoms with Crippen LogP contribution < -0.4 is 5.56 Å². The van der Waals surface area contributed by atoms with Crippen molar-refractivity contribution in [2.45, 2.75) is 11.7 Å². The van der Waals surface area contributed by atoms with Gasteiger partial charge in [0.15, 0.2) is 16.8 Å². The van der Waals surface area contributed by atoms with Crippen LogP contribution in [0.4, 0.5) is 8.78 Å². The topological polar surface area (TPSA) is 50.7 Å². The van der Waals surface area contributed by atoms with Crippen LogP contribution in [0.3, 0.4) is 0 Å². The number of H-pyrrole nitrogens is 1. The van der Waals surface area contributed by atoms with Crippen LogP contribution in [0.1, 0.15) is 5.56 Å². The van der Waals surface area contributed by atoms with Gasteiger partial charge in [0.1, 0.15) is 0 Å². The molecule has 0 atom stereocenters. The summed E-state index contributed by atoms with van der Waals surface area (Å²) >= 11 is 1.49. The number of thioether (sulfide) groups is 1. The van der Waals surface area contributed by atoms with Gasteiger partial charge in [0.2, 0.25) is 5.56 Å². The van der Waals surface area contributed by atoms with Crippen molar-refractivity contribution in [3.8, 4) is 0 Å². The highest BCUT2D eigenvalue weighted by Gasteiger charge is 2.15. The zero-order chi connectivity index (χ0) is 17.6. The average Bonchev–Trinajstić information content (AvgIpc) is 2.96. The van der Waals surface area contributed by atoms with Crippen molar-refractivity contribution >= 4 is 33.7 Å². The van der Waals surface area contributed by atoms with Crippen LogP contribution in [0.15, 0.2) is 52.4 Å². The van der Waals surface area contributed by atoms with E-state index in [9.17, 15) is 13.6 Å². The van der Waals surface area contributed by atoms with E-state index in [0.29, 0.717) is 17.5 Å². The number of nitrogens with zero attached hydrogens (tertiary/aromatic N) is 2. The Morgan fingerprint density at radius 2 is 2.00 bits per heavy atom. The summed E-state index contributed by atoms with van der Waals surface area (Å²) in [6.45, 7) is 0.335. The van der Waals surface area contributed by atoms with Gasteiger partial charge in [-0.05, 0) is 36.1 Å². The summed E-state index contributed by atoms with van der Waals surface area (Å²) in [6, 6.07) is 11.6. The van der Waals surface area contributed by atoms with Gasteiger partial charge >= 0.3 is 0 Å². The quantitative estimate of drug-likeness (QED) is 0.565. The minimum atomic E-state index is -1.04. The van der Waals surface area contributed by atoms with Crippen LogP contribution in [-0.4, -0.2) is 20.8 Å². The first-order valence-corrected chi connectivity index (χ1v) is 8.80. The predicted molar refractivity (Wildman–Crippen MR) is 95.1 cm³/mol. The summed E-state index contributed by atoms with van der Waals surface area (Å²) < 4.78 is 29.5. The molecule has 4 rings (SSSR count). The summed E-state index contributed by atoms with van der Waals surface area (Å²) in [4.78, 5) is 18.9. The van der Waals surface area contributed by atoms with Crippen LogP contribution in [0, 0.1) is 11.6 Å². The zero-order valence-electron chi connectivity index (χ0n) is 13.2. The smallest absolute Gasteiger partial charge is 0.248 e. The second-order valence-electron chi connectivity index (χ2n) is 5.62. The molecule has 4 aromatic rings. The lowest BCUT2D eigenvalue weighted by atomic mass is 10.1. The van der Waals surface area contributed by atoms with Gasteiger partial charge in [-0.25, -0.2) is 13.8 Å². The fourth-order valence-electron chi connectivity index (χ4n) is 3.00. The summed E-state index contributed by atoms with van der Waals surface area (Å²) in [6.07, 6.45) is 1.92. The Balaban J connectivity index is 1.95. The highest BCUT2D eigenvalue weighted by atomic mass is 32.2. The molecule has 0 fully saturated rings. The van der Waals surface area contributed by atoms with Gasteiger partial charge in [-0.1, -0.05) is 23.9 Å². The number of nitrogens with one attached hydrogen (secondary N) is 1. The molecule has 126 valence electrons. The summed E-state index contributed by atoms with van der Waals surface area (Å²) in [5, 5.41) is 1.26. The van der Waals surface area contributed by atoms with E-state index < -0.39 is 17.2 Å². The number of aromatic nitrogens is 3. The Bertz CT molecular complexity index is 1170. The van der Waals surface area contributed by atoms with E-state index in [-0.39, 0.29) is 5.52 Å². The van der Waals surface area contributed by atoms with Crippen molar-refractivity contribution in [3.63, 3.8) is 0 Å². The van der Waals surface area contributed by atoms with E-state index in [1.807, 2.05) is 35.1 Å². The maximum Gasteiger partial charge on any atom is 0.248 e. The van der Waals surface area contributed by atoms with Crippen LogP contribution in [0.5, 0.6) is 0 Å². The fourth-order valence-corrected chi connectivity index (χ4v) is 3.57. The molecular formula is C18H13F2N3OS. The molecule has 7 heteroatoms. The molecule has 0 aliphatic carbocycles. The van der Waals surface area contributed by atoms with Crippen molar-refractivity contribution in [2.75, 3.05) is 6.26 Å². The molecule has 2 heterocycles. The van der Waals surface area contributed by atoms with Gasteiger partial charge in [-0.3, -0.25) is 4.79 Å². The van der Waals surface area contributed by atoms with Crippen molar-refractivity contribution in [2.24, 2.45) is 0 Å². The van der Waals surface area contributed by atoms with E-state index in [1.165, 1.54) is 23.9 Å². The maximum absolute atomic E-state index is 14.1.